The smallest absolute Gasteiger partial charge is 0.0308 e. The maximum absolute atomic E-state index is 4.07. The predicted octanol–water partition coefficient (Wildman–Crippen LogP) is 3.12. The third kappa shape index (κ3) is 2.06. The van der Waals surface area contributed by atoms with Gasteiger partial charge in [-0.25, -0.2) is 0 Å². The Labute approximate surface area is 78.6 Å². The van der Waals surface area contributed by atoms with Crippen molar-refractivity contribution in [2.24, 2.45) is 0 Å². The highest BCUT2D eigenvalue weighted by Crippen LogP contribution is 2.08. The standard InChI is InChI=1S/C7H7Br2N.H2/c8-2-6-1-7(3-9)5-10-4-6;/h1,4-5H,2-3H2;1H. The second-order valence-electron chi connectivity index (χ2n) is 1.97. The number of aromatic nitrogens is 1. The quantitative estimate of drug-likeness (QED) is 0.750. The minimum atomic E-state index is 0. The Morgan fingerprint density at radius 1 is 1.20 bits per heavy atom. The lowest BCUT2D eigenvalue weighted by molar-refractivity contribution is 1.20. The molecule has 1 heterocycles. The van der Waals surface area contributed by atoms with Crippen molar-refractivity contribution in [1.82, 2.24) is 4.98 Å². The summed E-state index contributed by atoms with van der Waals surface area (Å²) >= 11 is 6.73. The zero-order chi connectivity index (χ0) is 7.40. The van der Waals surface area contributed by atoms with E-state index in [2.05, 4.69) is 42.9 Å². The molecule has 0 aliphatic heterocycles. The average molecular weight is 267 g/mol. The summed E-state index contributed by atoms with van der Waals surface area (Å²) in [5, 5.41) is 1.75. The van der Waals surface area contributed by atoms with Crippen molar-refractivity contribution in [3.8, 4) is 0 Å². The van der Waals surface area contributed by atoms with E-state index in [1.54, 1.807) is 0 Å². The van der Waals surface area contributed by atoms with E-state index in [1.807, 2.05) is 12.4 Å². The van der Waals surface area contributed by atoms with Crippen molar-refractivity contribution in [2.75, 3.05) is 0 Å². The van der Waals surface area contributed by atoms with Gasteiger partial charge in [0, 0.05) is 24.5 Å². The third-order valence-electron chi connectivity index (χ3n) is 1.16. The van der Waals surface area contributed by atoms with Crippen LogP contribution in [0.5, 0.6) is 0 Å². The van der Waals surface area contributed by atoms with E-state index in [-0.39, 0.29) is 1.43 Å². The highest BCUT2D eigenvalue weighted by Gasteiger charge is 1.92. The molecule has 0 aromatic carbocycles. The van der Waals surface area contributed by atoms with E-state index < -0.39 is 0 Å². The summed E-state index contributed by atoms with van der Waals surface area (Å²) in [6.45, 7) is 0. The second-order valence-corrected chi connectivity index (χ2v) is 3.09. The van der Waals surface area contributed by atoms with Gasteiger partial charge in [0.2, 0.25) is 0 Å². The van der Waals surface area contributed by atoms with Crippen LogP contribution in [0.2, 0.25) is 0 Å². The minimum Gasteiger partial charge on any atom is -0.264 e. The summed E-state index contributed by atoms with van der Waals surface area (Å²) in [6.07, 6.45) is 3.72. The summed E-state index contributed by atoms with van der Waals surface area (Å²) < 4.78 is 0. The molecule has 0 amide bonds. The Bertz CT molecular complexity index is 198. The molecule has 1 nitrogen and oxygen atoms in total. The molecule has 0 bridgehead atoms. The van der Waals surface area contributed by atoms with Gasteiger partial charge in [-0.3, -0.25) is 4.98 Å². The maximum Gasteiger partial charge on any atom is 0.0308 e. The van der Waals surface area contributed by atoms with E-state index in [0.29, 0.717) is 0 Å². The topological polar surface area (TPSA) is 12.9 Å². The second kappa shape index (κ2) is 4.09. The Morgan fingerprint density at radius 3 is 2.10 bits per heavy atom. The number of pyridine rings is 1. The molecule has 0 N–H and O–H groups in total. The van der Waals surface area contributed by atoms with Crippen LogP contribution in [0.15, 0.2) is 18.5 Å². The molecule has 56 valence electrons. The van der Waals surface area contributed by atoms with Crippen molar-refractivity contribution in [3.05, 3.63) is 29.6 Å². The predicted molar refractivity (Wildman–Crippen MR) is 51.6 cm³/mol. The van der Waals surface area contributed by atoms with Crippen molar-refractivity contribution in [3.63, 3.8) is 0 Å². The van der Waals surface area contributed by atoms with Gasteiger partial charge in [-0.05, 0) is 11.1 Å². The highest BCUT2D eigenvalue weighted by atomic mass is 79.9. The van der Waals surface area contributed by atoms with Gasteiger partial charge in [0.15, 0.2) is 0 Å². The lowest BCUT2D eigenvalue weighted by Gasteiger charge is -1.96. The van der Waals surface area contributed by atoms with Gasteiger partial charge < -0.3 is 0 Å². The summed E-state index contributed by atoms with van der Waals surface area (Å²) in [4.78, 5) is 4.07. The first-order valence-corrected chi connectivity index (χ1v) is 5.16. The monoisotopic (exact) mass is 265 g/mol. The Morgan fingerprint density at radius 2 is 1.70 bits per heavy atom. The molecule has 1 aromatic heterocycles. The SMILES string of the molecule is BrCc1cncc(CBr)c1.[HH]. The normalized spacial score (nSPS) is 9.80. The van der Waals surface area contributed by atoms with Crippen LogP contribution in [0.3, 0.4) is 0 Å². The van der Waals surface area contributed by atoms with Crippen LogP contribution in [0.25, 0.3) is 0 Å². The van der Waals surface area contributed by atoms with Gasteiger partial charge in [-0.2, -0.15) is 0 Å². The maximum atomic E-state index is 4.07. The Balaban J connectivity index is 0.000001000. The molecular formula is C7H9Br2N. The van der Waals surface area contributed by atoms with Crippen molar-refractivity contribution in [1.29, 1.82) is 0 Å². The number of hydrogen-bond donors (Lipinski definition) is 0. The van der Waals surface area contributed by atoms with Crippen LogP contribution in [0.1, 0.15) is 12.6 Å². The number of alkyl halides is 2. The van der Waals surface area contributed by atoms with Gasteiger partial charge in [-0.15, -0.1) is 0 Å². The number of rotatable bonds is 2. The van der Waals surface area contributed by atoms with Gasteiger partial charge in [0.1, 0.15) is 0 Å². The van der Waals surface area contributed by atoms with E-state index >= 15 is 0 Å². The third-order valence-corrected chi connectivity index (χ3v) is 2.46. The molecule has 0 aliphatic rings. The molecule has 0 atom stereocenters. The van der Waals surface area contributed by atoms with Crippen molar-refractivity contribution < 1.29 is 1.43 Å². The van der Waals surface area contributed by atoms with Crippen LogP contribution in [-0.2, 0) is 10.7 Å². The molecule has 3 heteroatoms. The first-order chi connectivity index (χ1) is 4.86. The largest absolute Gasteiger partial charge is 0.264 e. The molecular weight excluding hydrogens is 258 g/mol. The fourth-order valence-corrected chi connectivity index (χ4v) is 1.30. The lowest BCUT2D eigenvalue weighted by Crippen LogP contribution is -1.84. The first-order valence-electron chi connectivity index (χ1n) is 2.91. The summed E-state index contributed by atoms with van der Waals surface area (Å²) in [6, 6.07) is 2.12. The van der Waals surface area contributed by atoms with Crippen LogP contribution < -0.4 is 0 Å². The van der Waals surface area contributed by atoms with E-state index in [4.69, 9.17) is 0 Å². The van der Waals surface area contributed by atoms with Crippen LogP contribution >= 0.6 is 31.9 Å². The minimum absolute atomic E-state index is 0. The van der Waals surface area contributed by atoms with E-state index in [0.717, 1.165) is 10.7 Å². The number of halogens is 2. The Hall–Kier alpha value is 0.110. The van der Waals surface area contributed by atoms with E-state index in [1.165, 1.54) is 11.1 Å². The Kier molecular flexibility index (Phi) is 3.35. The highest BCUT2D eigenvalue weighted by molar-refractivity contribution is 9.08. The van der Waals surface area contributed by atoms with Crippen LogP contribution in [0.4, 0.5) is 0 Å². The number of nitrogens with zero attached hydrogens (tertiary/aromatic N) is 1. The van der Waals surface area contributed by atoms with Crippen molar-refractivity contribution in [2.45, 2.75) is 10.7 Å². The molecule has 0 aliphatic carbocycles. The molecule has 0 saturated heterocycles. The molecule has 1 rings (SSSR count). The van der Waals surface area contributed by atoms with Crippen LogP contribution in [0, 0.1) is 0 Å². The molecule has 1 aromatic rings. The van der Waals surface area contributed by atoms with E-state index in [9.17, 15) is 0 Å². The number of hydrogen-bond acceptors (Lipinski definition) is 1. The fraction of sp³-hybridized carbons (Fsp3) is 0.286. The molecule has 0 fully saturated rings. The zero-order valence-corrected chi connectivity index (χ0v) is 8.52. The van der Waals surface area contributed by atoms with Gasteiger partial charge in [0.25, 0.3) is 0 Å². The van der Waals surface area contributed by atoms with Crippen LogP contribution in [-0.4, -0.2) is 4.98 Å². The lowest BCUT2D eigenvalue weighted by atomic mass is 10.2. The van der Waals surface area contributed by atoms with Gasteiger partial charge in [0.05, 0.1) is 0 Å². The molecule has 0 unspecified atom stereocenters. The molecule has 0 saturated carbocycles. The zero-order valence-electron chi connectivity index (χ0n) is 5.35. The van der Waals surface area contributed by atoms with Gasteiger partial charge in [-0.1, -0.05) is 37.9 Å². The molecule has 0 radical (unpaired) electrons. The first kappa shape index (κ1) is 8.21. The average Bonchev–Trinajstić information content (AvgIpc) is 2.05. The van der Waals surface area contributed by atoms with Gasteiger partial charge >= 0.3 is 0 Å². The fourth-order valence-electron chi connectivity index (χ4n) is 0.688. The summed E-state index contributed by atoms with van der Waals surface area (Å²) in [5.41, 5.74) is 2.44. The van der Waals surface area contributed by atoms with Crippen molar-refractivity contribution >= 4 is 31.9 Å². The summed E-state index contributed by atoms with van der Waals surface area (Å²) in [7, 11) is 0. The summed E-state index contributed by atoms with van der Waals surface area (Å²) in [5.74, 6) is 0. The molecule has 10 heavy (non-hydrogen) atoms. The molecule has 0 spiro atoms.